The fourth-order valence-corrected chi connectivity index (χ4v) is 3.02. The Morgan fingerprint density at radius 1 is 1.32 bits per heavy atom. The monoisotopic (exact) mass is 341 g/mol. The second-order valence-electron chi connectivity index (χ2n) is 6.49. The first-order valence-corrected chi connectivity index (χ1v) is 8.79. The van der Waals surface area contributed by atoms with Crippen LogP contribution in [0.15, 0.2) is 35.3 Å². The lowest BCUT2D eigenvalue weighted by molar-refractivity contribution is 0.114. The van der Waals surface area contributed by atoms with Crippen LogP contribution in [0, 0.1) is 0 Å². The van der Waals surface area contributed by atoms with E-state index in [0.29, 0.717) is 12.6 Å². The van der Waals surface area contributed by atoms with Gasteiger partial charge in [-0.3, -0.25) is 4.99 Å². The number of benzene rings is 1. The number of fused-ring (bicyclic) bond motifs is 1. The van der Waals surface area contributed by atoms with Crippen LogP contribution in [0.5, 0.6) is 0 Å². The molecule has 1 atom stereocenters. The van der Waals surface area contributed by atoms with Gasteiger partial charge < -0.3 is 20.3 Å². The zero-order valence-corrected chi connectivity index (χ0v) is 15.2. The number of rotatable bonds is 5. The lowest BCUT2D eigenvalue weighted by Crippen LogP contribution is -2.40. The van der Waals surface area contributed by atoms with Gasteiger partial charge in [0.05, 0.1) is 11.6 Å². The molecule has 6 nitrogen and oxygen atoms in total. The van der Waals surface area contributed by atoms with E-state index in [1.807, 2.05) is 31.1 Å². The van der Waals surface area contributed by atoms with Gasteiger partial charge in [0.2, 0.25) is 0 Å². The first kappa shape index (κ1) is 17.5. The molecule has 0 amide bonds. The van der Waals surface area contributed by atoms with Crippen molar-refractivity contribution in [2.75, 3.05) is 39.2 Å². The van der Waals surface area contributed by atoms with Gasteiger partial charge in [0, 0.05) is 46.2 Å². The minimum absolute atomic E-state index is 0.292. The summed E-state index contributed by atoms with van der Waals surface area (Å²) in [5, 5.41) is 7.92. The molecule has 0 aliphatic carbocycles. The Bertz CT molecular complexity index is 738. The van der Waals surface area contributed by atoms with Crippen LogP contribution < -0.4 is 15.5 Å². The van der Waals surface area contributed by atoms with Crippen LogP contribution in [0.4, 0.5) is 5.82 Å². The number of hydrogen-bond donors (Lipinski definition) is 2. The normalized spacial score (nSPS) is 17.7. The number of para-hydroxylation sites is 1. The Balaban J connectivity index is 1.70. The Morgan fingerprint density at radius 2 is 2.16 bits per heavy atom. The molecule has 0 radical (unpaired) electrons. The molecule has 2 N–H and O–H groups in total. The fourth-order valence-electron chi connectivity index (χ4n) is 3.02. The average molecular weight is 341 g/mol. The third kappa shape index (κ3) is 4.39. The van der Waals surface area contributed by atoms with Crippen LogP contribution >= 0.6 is 0 Å². The van der Waals surface area contributed by atoms with Crippen LogP contribution in [-0.4, -0.2) is 51.3 Å². The summed E-state index contributed by atoms with van der Waals surface area (Å²) in [6.45, 7) is 2.35. The summed E-state index contributed by atoms with van der Waals surface area (Å²) in [7, 11) is 5.81. The molecular formula is C19H27N5O. The Kier molecular flexibility index (Phi) is 5.71. The maximum Gasteiger partial charge on any atom is 0.191 e. The molecule has 1 aliphatic rings. The van der Waals surface area contributed by atoms with Gasteiger partial charge in [-0.1, -0.05) is 18.2 Å². The molecule has 0 bridgehead atoms. The number of hydrogen-bond acceptors (Lipinski definition) is 4. The lowest BCUT2D eigenvalue weighted by atomic mass is 10.1. The summed E-state index contributed by atoms with van der Waals surface area (Å²) < 4.78 is 5.65. The number of nitrogens with zero attached hydrogens (tertiary/aromatic N) is 3. The topological polar surface area (TPSA) is 61.8 Å². The molecule has 3 rings (SSSR count). The van der Waals surface area contributed by atoms with E-state index < -0.39 is 0 Å². The highest BCUT2D eigenvalue weighted by Gasteiger charge is 2.15. The smallest absolute Gasteiger partial charge is 0.191 e. The zero-order chi connectivity index (χ0) is 17.6. The molecule has 1 unspecified atom stereocenters. The van der Waals surface area contributed by atoms with Crippen LogP contribution in [-0.2, 0) is 11.3 Å². The van der Waals surface area contributed by atoms with E-state index in [1.54, 1.807) is 7.05 Å². The maximum atomic E-state index is 5.65. The largest absolute Gasteiger partial charge is 0.376 e. The summed E-state index contributed by atoms with van der Waals surface area (Å²) in [5.41, 5.74) is 2.21. The molecular weight excluding hydrogens is 314 g/mol. The summed E-state index contributed by atoms with van der Waals surface area (Å²) in [6, 6.07) is 10.4. The molecule has 134 valence electrons. The van der Waals surface area contributed by atoms with E-state index in [9.17, 15) is 0 Å². The van der Waals surface area contributed by atoms with Crippen molar-refractivity contribution in [1.29, 1.82) is 0 Å². The predicted octanol–water partition coefficient (Wildman–Crippen LogP) is 2.14. The molecule has 1 fully saturated rings. The van der Waals surface area contributed by atoms with Crippen LogP contribution in [0.25, 0.3) is 10.9 Å². The van der Waals surface area contributed by atoms with Crippen molar-refractivity contribution in [3.05, 3.63) is 35.9 Å². The molecule has 2 heterocycles. The van der Waals surface area contributed by atoms with E-state index in [-0.39, 0.29) is 0 Å². The van der Waals surface area contributed by atoms with Crippen molar-refractivity contribution in [2.45, 2.75) is 25.5 Å². The molecule has 0 spiro atoms. The van der Waals surface area contributed by atoms with Gasteiger partial charge in [0.25, 0.3) is 0 Å². The highest BCUT2D eigenvalue weighted by molar-refractivity contribution is 5.85. The van der Waals surface area contributed by atoms with E-state index in [1.165, 1.54) is 5.56 Å². The van der Waals surface area contributed by atoms with Crippen LogP contribution in [0.2, 0.25) is 0 Å². The third-order valence-electron chi connectivity index (χ3n) is 4.44. The molecule has 6 heteroatoms. The number of anilines is 1. The summed E-state index contributed by atoms with van der Waals surface area (Å²) in [5.74, 6) is 1.75. The minimum Gasteiger partial charge on any atom is -0.376 e. The highest BCUT2D eigenvalue weighted by Crippen LogP contribution is 2.22. The molecule has 1 aliphatic heterocycles. The van der Waals surface area contributed by atoms with Gasteiger partial charge in [-0.05, 0) is 30.5 Å². The first-order chi connectivity index (χ1) is 12.2. The standard InChI is InChI=1S/C19H27N5O/c1-20-19(22-13-15-7-6-10-25-15)21-12-14-11-18(24(2)3)23-17-9-5-4-8-16(14)17/h4-5,8-9,11,15H,6-7,10,12-13H2,1-3H3,(H2,20,21,22). The number of nitrogens with one attached hydrogen (secondary N) is 2. The molecule has 0 saturated carbocycles. The Labute approximate surface area is 149 Å². The van der Waals surface area contributed by atoms with Crippen molar-refractivity contribution in [3.8, 4) is 0 Å². The van der Waals surface area contributed by atoms with E-state index in [4.69, 9.17) is 9.72 Å². The number of pyridine rings is 1. The summed E-state index contributed by atoms with van der Waals surface area (Å²) >= 11 is 0. The van der Waals surface area contributed by atoms with Crippen LogP contribution in [0.1, 0.15) is 18.4 Å². The second kappa shape index (κ2) is 8.16. The van der Waals surface area contributed by atoms with Gasteiger partial charge in [-0.25, -0.2) is 4.98 Å². The maximum absolute atomic E-state index is 5.65. The van der Waals surface area contributed by atoms with Crippen molar-refractivity contribution < 1.29 is 4.74 Å². The molecule has 1 aromatic carbocycles. The van der Waals surface area contributed by atoms with Gasteiger partial charge in [-0.15, -0.1) is 0 Å². The van der Waals surface area contributed by atoms with Gasteiger partial charge in [-0.2, -0.15) is 0 Å². The van der Waals surface area contributed by atoms with Gasteiger partial charge >= 0.3 is 0 Å². The van der Waals surface area contributed by atoms with Crippen molar-refractivity contribution in [1.82, 2.24) is 15.6 Å². The minimum atomic E-state index is 0.292. The lowest BCUT2D eigenvalue weighted by Gasteiger charge is -2.17. The SMILES string of the molecule is CN=C(NCc1cc(N(C)C)nc2ccccc12)NCC1CCCO1. The highest BCUT2D eigenvalue weighted by atomic mass is 16.5. The number of guanidine groups is 1. The van der Waals surface area contributed by atoms with E-state index >= 15 is 0 Å². The number of aromatic nitrogens is 1. The first-order valence-electron chi connectivity index (χ1n) is 8.79. The third-order valence-corrected chi connectivity index (χ3v) is 4.44. The summed E-state index contributed by atoms with van der Waals surface area (Å²) in [4.78, 5) is 11.0. The quantitative estimate of drug-likeness (QED) is 0.644. The Hall–Kier alpha value is -2.34. The molecule has 2 aromatic rings. The van der Waals surface area contributed by atoms with E-state index in [2.05, 4.69) is 33.8 Å². The van der Waals surface area contributed by atoms with Gasteiger partial charge in [0.15, 0.2) is 5.96 Å². The summed E-state index contributed by atoms with van der Waals surface area (Å²) in [6.07, 6.45) is 2.56. The average Bonchev–Trinajstić information content (AvgIpc) is 3.15. The van der Waals surface area contributed by atoms with Crippen molar-refractivity contribution in [3.63, 3.8) is 0 Å². The molecule has 25 heavy (non-hydrogen) atoms. The van der Waals surface area contributed by atoms with E-state index in [0.717, 1.165) is 48.7 Å². The molecule has 1 aromatic heterocycles. The Morgan fingerprint density at radius 3 is 2.88 bits per heavy atom. The van der Waals surface area contributed by atoms with Crippen molar-refractivity contribution in [2.24, 2.45) is 4.99 Å². The van der Waals surface area contributed by atoms with Gasteiger partial charge in [0.1, 0.15) is 5.82 Å². The number of aliphatic imine (C=N–C) groups is 1. The second-order valence-corrected chi connectivity index (χ2v) is 6.49. The predicted molar refractivity (Wildman–Crippen MR) is 103 cm³/mol. The number of ether oxygens (including phenoxy) is 1. The fraction of sp³-hybridized carbons (Fsp3) is 0.474. The van der Waals surface area contributed by atoms with Crippen molar-refractivity contribution >= 4 is 22.7 Å². The van der Waals surface area contributed by atoms with Crippen LogP contribution in [0.3, 0.4) is 0 Å². The zero-order valence-electron chi connectivity index (χ0n) is 15.2. The molecule has 1 saturated heterocycles.